The Morgan fingerprint density at radius 1 is 1.30 bits per heavy atom. The van der Waals surface area contributed by atoms with Crippen LogP contribution in [0.2, 0.25) is 0 Å². The Hall–Kier alpha value is -0.410. The normalized spacial score (nSPS) is 29.6. The number of hydrogen-bond acceptors (Lipinski definition) is 3. The van der Waals surface area contributed by atoms with Gasteiger partial charge < -0.3 is 5.32 Å². The molecule has 0 radical (unpaired) electrons. The molecule has 1 heterocycles. The summed E-state index contributed by atoms with van der Waals surface area (Å²) >= 11 is 1.91. The van der Waals surface area contributed by atoms with Crippen molar-refractivity contribution < 1.29 is 0 Å². The van der Waals surface area contributed by atoms with E-state index in [0.29, 0.717) is 11.3 Å². The van der Waals surface area contributed by atoms with Crippen LogP contribution >= 0.6 is 11.3 Å². The molecule has 2 atom stereocenters. The lowest BCUT2D eigenvalue weighted by atomic mass is 9.64. The lowest BCUT2D eigenvalue weighted by molar-refractivity contribution is 0.0727. The van der Waals surface area contributed by atoms with E-state index in [-0.39, 0.29) is 5.54 Å². The molecule has 0 spiro atoms. The zero-order valence-electron chi connectivity index (χ0n) is 14.0. The highest BCUT2D eigenvalue weighted by atomic mass is 32.1. The minimum atomic E-state index is 0.104. The summed E-state index contributed by atoms with van der Waals surface area (Å²) in [6.07, 6.45) is 4.82. The average molecular weight is 295 g/mol. The molecule has 20 heavy (non-hydrogen) atoms. The smallest absolute Gasteiger partial charge is 0.114 e. The maximum atomic E-state index is 5.00. The van der Waals surface area contributed by atoms with Crippen LogP contribution in [0.5, 0.6) is 0 Å². The van der Waals surface area contributed by atoms with Crippen molar-refractivity contribution in [2.24, 2.45) is 11.3 Å². The molecule has 1 aliphatic rings. The Kier molecular flexibility index (Phi) is 4.60. The van der Waals surface area contributed by atoms with Gasteiger partial charge in [-0.25, -0.2) is 4.98 Å². The molecule has 3 heteroatoms. The predicted octanol–water partition coefficient (Wildman–Crippen LogP) is 4.66. The summed E-state index contributed by atoms with van der Waals surface area (Å²) < 4.78 is 0. The van der Waals surface area contributed by atoms with E-state index in [1.165, 1.54) is 34.8 Å². The van der Waals surface area contributed by atoms with Crippen molar-refractivity contribution in [2.45, 2.75) is 72.8 Å². The number of aryl methyl sites for hydroxylation is 2. The molecule has 1 N–H and O–H groups in total. The van der Waals surface area contributed by atoms with Crippen molar-refractivity contribution in [2.75, 3.05) is 6.54 Å². The lowest BCUT2D eigenvalue weighted by Gasteiger charge is -2.48. The number of aromatic nitrogens is 1. The summed E-state index contributed by atoms with van der Waals surface area (Å²) in [6.45, 7) is 14.9. The highest BCUT2D eigenvalue weighted by molar-refractivity contribution is 7.11. The summed E-state index contributed by atoms with van der Waals surface area (Å²) in [5, 5.41) is 5.14. The van der Waals surface area contributed by atoms with Crippen molar-refractivity contribution in [1.29, 1.82) is 0 Å². The Labute approximate surface area is 128 Å². The van der Waals surface area contributed by atoms with E-state index in [0.717, 1.165) is 13.0 Å². The number of nitrogens with one attached hydrogen (secondary N) is 1. The van der Waals surface area contributed by atoms with E-state index < -0.39 is 0 Å². The molecular weight excluding hydrogens is 264 g/mol. The molecule has 0 aromatic carbocycles. The summed E-state index contributed by atoms with van der Waals surface area (Å²) in [4.78, 5) is 6.40. The second kappa shape index (κ2) is 5.76. The Balaban J connectivity index is 2.39. The molecule has 2 unspecified atom stereocenters. The van der Waals surface area contributed by atoms with Gasteiger partial charge in [0.2, 0.25) is 0 Å². The van der Waals surface area contributed by atoms with E-state index in [4.69, 9.17) is 4.98 Å². The highest BCUT2D eigenvalue weighted by Crippen LogP contribution is 2.49. The average Bonchev–Trinajstić information content (AvgIpc) is 2.74. The van der Waals surface area contributed by atoms with Crippen molar-refractivity contribution in [3.63, 3.8) is 0 Å². The number of nitrogens with zero attached hydrogens (tertiary/aromatic N) is 1. The third kappa shape index (κ3) is 2.80. The van der Waals surface area contributed by atoms with Gasteiger partial charge in [0, 0.05) is 4.88 Å². The van der Waals surface area contributed by atoms with Crippen LogP contribution < -0.4 is 5.32 Å². The van der Waals surface area contributed by atoms with Crippen molar-refractivity contribution in [3.8, 4) is 0 Å². The van der Waals surface area contributed by atoms with Gasteiger partial charge in [-0.15, -0.1) is 11.3 Å². The lowest BCUT2D eigenvalue weighted by Crippen LogP contribution is -2.52. The van der Waals surface area contributed by atoms with E-state index in [1.807, 2.05) is 11.3 Å². The Morgan fingerprint density at radius 3 is 2.50 bits per heavy atom. The molecule has 0 aliphatic heterocycles. The molecule has 1 fully saturated rings. The molecule has 1 aromatic rings. The minimum absolute atomic E-state index is 0.104. The summed E-state index contributed by atoms with van der Waals surface area (Å²) in [6, 6.07) is 0. The van der Waals surface area contributed by atoms with E-state index >= 15 is 0 Å². The number of rotatable bonds is 4. The van der Waals surface area contributed by atoms with Crippen molar-refractivity contribution in [1.82, 2.24) is 10.3 Å². The first-order chi connectivity index (χ1) is 9.34. The van der Waals surface area contributed by atoms with Gasteiger partial charge in [0.05, 0.1) is 11.2 Å². The standard InChI is InChI=1S/C17H30N2S/c1-7-14-13(4)20-15(19-14)17(18-8-2)10-9-16(5,6)11-12(17)3/h12,18H,7-11H2,1-6H3. The molecule has 2 rings (SSSR count). The first-order valence-corrected chi connectivity index (χ1v) is 8.88. The first-order valence-electron chi connectivity index (χ1n) is 8.06. The maximum absolute atomic E-state index is 5.00. The van der Waals surface area contributed by atoms with Crippen LogP contribution in [0.25, 0.3) is 0 Å². The molecule has 114 valence electrons. The van der Waals surface area contributed by atoms with Gasteiger partial charge in [0.1, 0.15) is 5.01 Å². The largest absolute Gasteiger partial charge is 0.305 e. The van der Waals surface area contributed by atoms with Crippen LogP contribution in [0.1, 0.15) is 69.5 Å². The molecule has 2 nitrogen and oxygen atoms in total. The van der Waals surface area contributed by atoms with E-state index in [2.05, 4.69) is 46.9 Å². The third-order valence-electron chi connectivity index (χ3n) is 5.00. The van der Waals surface area contributed by atoms with Crippen molar-refractivity contribution >= 4 is 11.3 Å². The van der Waals surface area contributed by atoms with Gasteiger partial charge in [0.15, 0.2) is 0 Å². The second-order valence-corrected chi connectivity index (χ2v) is 8.35. The van der Waals surface area contributed by atoms with Gasteiger partial charge in [-0.05, 0) is 50.5 Å². The molecular formula is C17H30N2S. The van der Waals surface area contributed by atoms with Crippen LogP contribution in [0, 0.1) is 18.3 Å². The molecule has 1 saturated carbocycles. The summed E-state index contributed by atoms with van der Waals surface area (Å²) in [7, 11) is 0. The second-order valence-electron chi connectivity index (χ2n) is 7.15. The fourth-order valence-corrected chi connectivity index (χ4v) is 5.12. The third-order valence-corrected chi connectivity index (χ3v) is 6.19. The van der Waals surface area contributed by atoms with E-state index in [1.54, 1.807) is 0 Å². The maximum Gasteiger partial charge on any atom is 0.114 e. The molecule has 0 saturated heterocycles. The fraction of sp³-hybridized carbons (Fsp3) is 0.824. The SMILES string of the molecule is CCNC1(c2nc(CC)c(C)s2)CCC(C)(C)CC1C. The van der Waals surface area contributed by atoms with Gasteiger partial charge in [0.25, 0.3) is 0 Å². The topological polar surface area (TPSA) is 24.9 Å². The van der Waals surface area contributed by atoms with Gasteiger partial charge >= 0.3 is 0 Å². The summed E-state index contributed by atoms with van der Waals surface area (Å²) in [5.74, 6) is 0.640. The van der Waals surface area contributed by atoms with E-state index in [9.17, 15) is 0 Å². The quantitative estimate of drug-likeness (QED) is 0.873. The molecule has 1 aliphatic carbocycles. The zero-order chi connectivity index (χ0) is 15.0. The van der Waals surface area contributed by atoms with Gasteiger partial charge in [-0.2, -0.15) is 0 Å². The highest BCUT2D eigenvalue weighted by Gasteiger charge is 2.46. The monoisotopic (exact) mass is 294 g/mol. The zero-order valence-corrected chi connectivity index (χ0v) is 14.8. The Morgan fingerprint density at radius 2 is 2.00 bits per heavy atom. The molecule has 1 aromatic heterocycles. The van der Waals surface area contributed by atoms with Crippen LogP contribution in [0.15, 0.2) is 0 Å². The number of thiazole rings is 1. The summed E-state index contributed by atoms with van der Waals surface area (Å²) in [5.41, 5.74) is 1.87. The fourth-order valence-electron chi connectivity index (χ4n) is 3.81. The van der Waals surface area contributed by atoms with Crippen LogP contribution in [-0.4, -0.2) is 11.5 Å². The molecule has 0 bridgehead atoms. The van der Waals surface area contributed by atoms with Gasteiger partial charge in [-0.1, -0.05) is 34.6 Å². The van der Waals surface area contributed by atoms with Crippen molar-refractivity contribution in [3.05, 3.63) is 15.6 Å². The first kappa shape index (κ1) is 16.0. The van der Waals surface area contributed by atoms with Crippen LogP contribution in [-0.2, 0) is 12.0 Å². The van der Waals surface area contributed by atoms with Gasteiger partial charge in [-0.3, -0.25) is 0 Å². The van der Waals surface area contributed by atoms with Crippen LogP contribution in [0.4, 0.5) is 0 Å². The minimum Gasteiger partial charge on any atom is -0.305 e. The Bertz CT molecular complexity index is 464. The number of hydrogen-bond donors (Lipinski definition) is 1. The predicted molar refractivity (Wildman–Crippen MR) is 88.4 cm³/mol. The molecule has 0 amide bonds. The van der Waals surface area contributed by atoms with Crippen LogP contribution in [0.3, 0.4) is 0 Å².